The van der Waals surface area contributed by atoms with Crippen molar-refractivity contribution in [3.63, 3.8) is 0 Å². The van der Waals surface area contributed by atoms with E-state index in [2.05, 4.69) is 61.5 Å². The number of rotatable bonds is 3. The predicted octanol–water partition coefficient (Wildman–Crippen LogP) is 1.30. The lowest BCUT2D eigenvalue weighted by Crippen LogP contribution is -3.27. The third-order valence-corrected chi connectivity index (χ3v) is 5.47. The highest BCUT2D eigenvalue weighted by Crippen LogP contribution is 2.27. The van der Waals surface area contributed by atoms with Crippen LogP contribution in [0.25, 0.3) is 21.5 Å². The molecular weight excluding hydrogens is 280 g/mol. The number of hydrogen-bond acceptors (Lipinski definition) is 0. The lowest BCUT2D eigenvalue weighted by atomic mass is 9.96. The first kappa shape index (κ1) is 14.7. The fourth-order valence-corrected chi connectivity index (χ4v) is 4.04. The molecule has 1 heterocycles. The summed E-state index contributed by atoms with van der Waals surface area (Å²) < 4.78 is 0. The number of benzene rings is 3. The normalized spacial score (nSPS) is 21.8. The molecule has 2 nitrogen and oxygen atoms in total. The molecule has 23 heavy (non-hydrogen) atoms. The standard InChI is InChI=1S/C21H24N2/c1-2-22-11-13-23(14-12-22)16-21-19-9-5-3-7-17(19)15-18-8-4-6-10-20(18)21/h3-10,15H,2,11-14,16H2,1H3/p+2. The van der Waals surface area contributed by atoms with Gasteiger partial charge in [0.25, 0.3) is 0 Å². The number of fused-ring (bicyclic) bond motifs is 2. The Morgan fingerprint density at radius 3 is 1.83 bits per heavy atom. The Morgan fingerprint density at radius 2 is 1.26 bits per heavy atom. The van der Waals surface area contributed by atoms with Gasteiger partial charge in [0.15, 0.2) is 0 Å². The smallest absolute Gasteiger partial charge is 0.127 e. The van der Waals surface area contributed by atoms with Crippen LogP contribution in [0.15, 0.2) is 54.6 Å². The molecule has 0 saturated carbocycles. The van der Waals surface area contributed by atoms with Crippen LogP contribution >= 0.6 is 0 Å². The minimum atomic E-state index is 1.15. The summed E-state index contributed by atoms with van der Waals surface area (Å²) in [6, 6.07) is 20.1. The van der Waals surface area contributed by atoms with Crippen LogP contribution in [0.4, 0.5) is 0 Å². The fraction of sp³-hybridized carbons (Fsp3) is 0.333. The van der Waals surface area contributed by atoms with Crippen molar-refractivity contribution in [2.75, 3.05) is 32.7 Å². The van der Waals surface area contributed by atoms with Crippen LogP contribution in [0.1, 0.15) is 12.5 Å². The van der Waals surface area contributed by atoms with Crippen LogP contribution in [0, 0.1) is 0 Å². The predicted molar refractivity (Wildman–Crippen MR) is 97.1 cm³/mol. The SMILES string of the molecule is CC[NH+]1CC[NH+](Cc2c3ccccc3cc3ccccc23)CC1. The monoisotopic (exact) mass is 306 g/mol. The summed E-state index contributed by atoms with van der Waals surface area (Å²) >= 11 is 0. The van der Waals surface area contributed by atoms with E-state index in [1.54, 1.807) is 9.80 Å². The first-order valence-electron chi connectivity index (χ1n) is 8.91. The van der Waals surface area contributed by atoms with E-state index >= 15 is 0 Å². The summed E-state index contributed by atoms with van der Waals surface area (Å²) in [5.41, 5.74) is 1.54. The van der Waals surface area contributed by atoms with E-state index in [1.165, 1.54) is 59.8 Å². The second kappa shape index (κ2) is 6.31. The van der Waals surface area contributed by atoms with Gasteiger partial charge in [-0.05, 0) is 34.5 Å². The molecule has 0 atom stereocenters. The molecule has 0 aliphatic carbocycles. The van der Waals surface area contributed by atoms with Crippen molar-refractivity contribution in [1.29, 1.82) is 0 Å². The van der Waals surface area contributed by atoms with Crippen LogP contribution in [0.2, 0.25) is 0 Å². The van der Waals surface area contributed by atoms with Crippen molar-refractivity contribution in [2.24, 2.45) is 0 Å². The summed E-state index contributed by atoms with van der Waals surface area (Å²) in [6.07, 6.45) is 0. The van der Waals surface area contributed by atoms with Crippen molar-refractivity contribution in [3.8, 4) is 0 Å². The van der Waals surface area contributed by atoms with E-state index in [1.807, 2.05) is 0 Å². The lowest BCUT2D eigenvalue weighted by Gasteiger charge is -2.29. The molecular formula is C21H26N2+2. The largest absolute Gasteiger partial charge is 0.326 e. The lowest BCUT2D eigenvalue weighted by molar-refractivity contribution is -1.02. The van der Waals surface area contributed by atoms with Crippen LogP contribution in [-0.4, -0.2) is 32.7 Å². The van der Waals surface area contributed by atoms with Gasteiger partial charge in [-0.25, -0.2) is 0 Å². The molecule has 0 radical (unpaired) electrons. The topological polar surface area (TPSA) is 8.88 Å². The van der Waals surface area contributed by atoms with Crippen LogP contribution in [0.3, 0.4) is 0 Å². The van der Waals surface area contributed by atoms with Crippen molar-refractivity contribution in [2.45, 2.75) is 13.5 Å². The highest BCUT2D eigenvalue weighted by Gasteiger charge is 2.23. The molecule has 4 rings (SSSR count). The Kier molecular flexibility index (Phi) is 4.02. The Bertz CT molecular complexity index is 762. The zero-order valence-corrected chi connectivity index (χ0v) is 13.9. The number of hydrogen-bond donors (Lipinski definition) is 2. The Morgan fingerprint density at radius 1 is 0.739 bits per heavy atom. The summed E-state index contributed by atoms with van der Waals surface area (Å²) in [7, 11) is 0. The quantitative estimate of drug-likeness (QED) is 0.675. The third kappa shape index (κ3) is 2.85. The number of likely N-dealkylation sites (N-methyl/N-ethyl adjacent to an activating group) is 1. The average molecular weight is 306 g/mol. The molecule has 3 aromatic rings. The van der Waals surface area contributed by atoms with Crippen molar-refractivity contribution >= 4 is 21.5 Å². The van der Waals surface area contributed by atoms with E-state index in [0.29, 0.717) is 0 Å². The van der Waals surface area contributed by atoms with Gasteiger partial charge in [0.1, 0.15) is 32.7 Å². The molecule has 0 unspecified atom stereocenters. The molecule has 0 aromatic heterocycles. The average Bonchev–Trinajstić information content (AvgIpc) is 2.62. The minimum absolute atomic E-state index is 1.15. The first-order valence-corrected chi connectivity index (χ1v) is 8.91. The van der Waals surface area contributed by atoms with Crippen LogP contribution in [0.5, 0.6) is 0 Å². The summed E-state index contributed by atoms with van der Waals surface area (Å²) in [5.74, 6) is 0. The van der Waals surface area contributed by atoms with Gasteiger partial charge in [-0.2, -0.15) is 0 Å². The van der Waals surface area contributed by atoms with E-state index in [0.717, 1.165) is 6.54 Å². The molecule has 0 bridgehead atoms. The van der Waals surface area contributed by atoms with E-state index < -0.39 is 0 Å². The molecule has 118 valence electrons. The molecule has 1 aliphatic rings. The molecule has 2 heteroatoms. The Labute approximate surface area is 138 Å². The molecule has 2 N–H and O–H groups in total. The van der Waals surface area contributed by atoms with Crippen molar-refractivity contribution in [1.82, 2.24) is 0 Å². The maximum Gasteiger partial charge on any atom is 0.127 e. The van der Waals surface area contributed by atoms with Gasteiger partial charge in [-0.1, -0.05) is 48.5 Å². The van der Waals surface area contributed by atoms with Gasteiger partial charge in [-0.15, -0.1) is 0 Å². The van der Waals surface area contributed by atoms with Gasteiger partial charge in [0.2, 0.25) is 0 Å². The van der Waals surface area contributed by atoms with Gasteiger partial charge < -0.3 is 9.80 Å². The van der Waals surface area contributed by atoms with Crippen LogP contribution in [-0.2, 0) is 6.54 Å². The molecule has 3 aromatic carbocycles. The number of nitrogens with one attached hydrogen (secondary N) is 2. The van der Waals surface area contributed by atoms with Crippen molar-refractivity contribution in [3.05, 3.63) is 60.2 Å². The second-order valence-corrected chi connectivity index (χ2v) is 6.83. The van der Waals surface area contributed by atoms with Crippen molar-refractivity contribution < 1.29 is 9.80 Å². The molecule has 1 saturated heterocycles. The fourth-order valence-electron chi connectivity index (χ4n) is 4.04. The van der Waals surface area contributed by atoms with Gasteiger partial charge in [0.05, 0.1) is 6.54 Å². The third-order valence-electron chi connectivity index (χ3n) is 5.47. The number of quaternary nitrogens is 2. The van der Waals surface area contributed by atoms with E-state index in [-0.39, 0.29) is 0 Å². The number of piperazine rings is 1. The summed E-state index contributed by atoms with van der Waals surface area (Å²) in [5, 5.41) is 5.62. The van der Waals surface area contributed by atoms with E-state index in [4.69, 9.17) is 0 Å². The highest BCUT2D eigenvalue weighted by molar-refractivity contribution is 6.02. The van der Waals surface area contributed by atoms with Gasteiger partial charge >= 0.3 is 0 Å². The van der Waals surface area contributed by atoms with Crippen LogP contribution < -0.4 is 9.80 Å². The maximum atomic E-state index is 2.34. The Hall–Kier alpha value is -1.90. The zero-order valence-electron chi connectivity index (χ0n) is 13.9. The molecule has 1 aliphatic heterocycles. The second-order valence-electron chi connectivity index (χ2n) is 6.83. The van der Waals surface area contributed by atoms with Gasteiger partial charge in [0, 0.05) is 5.56 Å². The molecule has 0 spiro atoms. The molecule has 0 amide bonds. The summed E-state index contributed by atoms with van der Waals surface area (Å²) in [6.45, 7) is 9.94. The molecule has 1 fully saturated rings. The maximum absolute atomic E-state index is 2.34. The van der Waals surface area contributed by atoms with Gasteiger partial charge in [-0.3, -0.25) is 0 Å². The zero-order chi connectivity index (χ0) is 15.6. The minimum Gasteiger partial charge on any atom is -0.326 e. The first-order chi connectivity index (χ1) is 11.3. The summed E-state index contributed by atoms with van der Waals surface area (Å²) in [4.78, 5) is 3.50. The Balaban J connectivity index is 1.74. The highest BCUT2D eigenvalue weighted by atomic mass is 15.3. The van der Waals surface area contributed by atoms with E-state index in [9.17, 15) is 0 Å².